The fourth-order valence-electron chi connectivity index (χ4n) is 4.07. The average molecular weight is 526 g/mol. The van der Waals surface area contributed by atoms with Crippen LogP contribution >= 0.6 is 0 Å². The van der Waals surface area contributed by atoms with E-state index in [0.29, 0.717) is 0 Å². The van der Waals surface area contributed by atoms with Crippen LogP contribution in [0.3, 0.4) is 0 Å². The third-order valence-corrected chi connectivity index (χ3v) is 5.79. The van der Waals surface area contributed by atoms with Crippen molar-refractivity contribution in [3.05, 3.63) is 57.6 Å². The van der Waals surface area contributed by atoms with E-state index in [2.05, 4.69) is 0 Å². The molecule has 0 saturated heterocycles. The van der Waals surface area contributed by atoms with Crippen LogP contribution in [0, 0.1) is 0 Å². The third-order valence-electron chi connectivity index (χ3n) is 5.79. The minimum atomic E-state index is -0.990. The molecule has 0 bridgehead atoms. The number of methoxy groups -OCH3 is 6. The van der Waals surface area contributed by atoms with Gasteiger partial charge in [0.1, 0.15) is 0 Å². The van der Waals surface area contributed by atoms with Crippen molar-refractivity contribution in [1.29, 1.82) is 0 Å². The van der Waals surface area contributed by atoms with Gasteiger partial charge < -0.3 is 28.4 Å². The molecule has 198 valence electrons. The summed E-state index contributed by atoms with van der Waals surface area (Å²) in [7, 11) is 6.53. The van der Waals surface area contributed by atoms with E-state index in [-0.39, 0.29) is 54.9 Å². The van der Waals surface area contributed by atoms with Crippen molar-refractivity contribution < 1.29 is 57.2 Å². The Kier molecular flexibility index (Phi) is 7.95. The van der Waals surface area contributed by atoms with Crippen molar-refractivity contribution in [1.82, 2.24) is 0 Å². The second-order valence-corrected chi connectivity index (χ2v) is 7.59. The molecule has 0 aromatic heterocycles. The van der Waals surface area contributed by atoms with E-state index in [1.165, 1.54) is 12.1 Å². The zero-order valence-corrected chi connectivity index (χ0v) is 21.2. The molecular formula is C26H22O12. The standard InChI is InChI=1S/C26H22O12/c1-33-21(27)15-7-11-12-8-16(22(28)34-2)18(24(30)36-4)10-14(12)20(26(32)38-6)19(25(31)37-5)13(11)9-17(15)23(29)35-3/h7-10H,1-6H3. The van der Waals surface area contributed by atoms with Gasteiger partial charge in [0.2, 0.25) is 0 Å². The van der Waals surface area contributed by atoms with E-state index in [1.54, 1.807) is 0 Å². The first-order chi connectivity index (χ1) is 18.1. The Balaban J connectivity index is 2.77. The van der Waals surface area contributed by atoms with Gasteiger partial charge in [-0.15, -0.1) is 0 Å². The van der Waals surface area contributed by atoms with Crippen molar-refractivity contribution in [2.45, 2.75) is 0 Å². The predicted octanol–water partition coefficient (Wildman–Crippen LogP) is 2.71. The number of hydrogen-bond donors (Lipinski definition) is 0. The predicted molar refractivity (Wildman–Crippen MR) is 129 cm³/mol. The molecule has 0 saturated carbocycles. The second kappa shape index (κ2) is 10.9. The summed E-state index contributed by atoms with van der Waals surface area (Å²) in [5.41, 5.74) is -1.66. The molecule has 3 aromatic rings. The first-order valence-corrected chi connectivity index (χ1v) is 10.7. The molecule has 3 rings (SSSR count). The Labute approximate surface area is 215 Å². The summed E-state index contributed by atoms with van der Waals surface area (Å²) in [6.07, 6.45) is 0. The first-order valence-electron chi connectivity index (χ1n) is 10.7. The molecule has 0 unspecified atom stereocenters. The molecule has 3 aromatic carbocycles. The van der Waals surface area contributed by atoms with Crippen molar-refractivity contribution in [3.8, 4) is 0 Å². The van der Waals surface area contributed by atoms with Crippen LogP contribution in [0.2, 0.25) is 0 Å². The van der Waals surface area contributed by atoms with E-state index in [1.807, 2.05) is 0 Å². The summed E-state index contributed by atoms with van der Waals surface area (Å²) < 4.78 is 29.0. The molecule has 0 fully saturated rings. The van der Waals surface area contributed by atoms with Crippen LogP contribution in [0.15, 0.2) is 24.3 Å². The largest absolute Gasteiger partial charge is 0.465 e. The Morgan fingerprint density at radius 2 is 0.579 bits per heavy atom. The number of ether oxygens (including phenoxy) is 6. The van der Waals surface area contributed by atoms with Gasteiger partial charge in [-0.25, -0.2) is 28.8 Å². The van der Waals surface area contributed by atoms with Crippen molar-refractivity contribution in [2.24, 2.45) is 0 Å². The summed E-state index contributed by atoms with van der Waals surface area (Å²) in [6, 6.07) is 4.80. The summed E-state index contributed by atoms with van der Waals surface area (Å²) >= 11 is 0. The van der Waals surface area contributed by atoms with E-state index < -0.39 is 35.8 Å². The highest BCUT2D eigenvalue weighted by Gasteiger charge is 2.31. The highest BCUT2D eigenvalue weighted by Crippen LogP contribution is 2.38. The Morgan fingerprint density at radius 3 is 0.789 bits per heavy atom. The lowest BCUT2D eigenvalue weighted by molar-refractivity contribution is 0.0554. The molecule has 0 atom stereocenters. The Hall–Kier alpha value is -5.00. The maximum atomic E-state index is 13.0. The minimum Gasteiger partial charge on any atom is -0.465 e. The molecule has 0 aliphatic carbocycles. The van der Waals surface area contributed by atoms with E-state index in [4.69, 9.17) is 28.4 Å². The number of carbonyl (C=O) groups is 6. The monoisotopic (exact) mass is 526 g/mol. The van der Waals surface area contributed by atoms with Gasteiger partial charge in [0.15, 0.2) is 0 Å². The third kappa shape index (κ3) is 4.47. The summed E-state index contributed by atoms with van der Waals surface area (Å²) in [4.78, 5) is 76.4. The fraction of sp³-hybridized carbons (Fsp3) is 0.231. The van der Waals surface area contributed by atoms with Crippen LogP contribution in [0.1, 0.15) is 62.1 Å². The van der Waals surface area contributed by atoms with E-state index in [0.717, 1.165) is 54.8 Å². The molecule has 0 spiro atoms. The van der Waals surface area contributed by atoms with Gasteiger partial charge >= 0.3 is 35.8 Å². The summed E-state index contributed by atoms with van der Waals surface area (Å²) in [5, 5.41) is 0.226. The SMILES string of the molecule is COC(=O)c1cc2c(C(=O)OC)c(C(=O)OC)c3cc(C(=O)OC)c(C(=O)OC)cc3c2cc1C(=O)OC. The molecule has 12 nitrogen and oxygen atoms in total. The van der Waals surface area contributed by atoms with Gasteiger partial charge in [-0.2, -0.15) is 0 Å². The van der Waals surface area contributed by atoms with Gasteiger partial charge in [0.05, 0.1) is 76.0 Å². The van der Waals surface area contributed by atoms with Gasteiger partial charge in [-0.1, -0.05) is 0 Å². The zero-order valence-electron chi connectivity index (χ0n) is 21.2. The number of carbonyl (C=O) groups excluding carboxylic acids is 6. The molecule has 0 aliphatic rings. The van der Waals surface area contributed by atoms with Crippen LogP contribution in [0.5, 0.6) is 0 Å². The molecule has 0 N–H and O–H groups in total. The Bertz CT molecular complexity index is 1420. The van der Waals surface area contributed by atoms with Gasteiger partial charge in [0.25, 0.3) is 0 Å². The first kappa shape index (κ1) is 27.6. The molecule has 0 aliphatic heterocycles. The number of hydrogen-bond acceptors (Lipinski definition) is 12. The smallest absolute Gasteiger partial charge is 0.339 e. The van der Waals surface area contributed by atoms with Crippen LogP contribution in [0.4, 0.5) is 0 Å². The normalized spacial score (nSPS) is 10.5. The number of fused-ring (bicyclic) bond motifs is 3. The van der Waals surface area contributed by atoms with Gasteiger partial charge in [-0.05, 0) is 45.8 Å². The topological polar surface area (TPSA) is 158 Å². The fourth-order valence-corrected chi connectivity index (χ4v) is 4.07. The molecule has 12 heteroatoms. The van der Waals surface area contributed by atoms with Gasteiger partial charge in [-0.3, -0.25) is 0 Å². The lowest BCUT2D eigenvalue weighted by Gasteiger charge is -2.18. The molecular weight excluding hydrogens is 504 g/mol. The number of rotatable bonds is 6. The van der Waals surface area contributed by atoms with E-state index in [9.17, 15) is 28.8 Å². The number of benzene rings is 3. The highest BCUT2D eigenvalue weighted by atomic mass is 16.5. The van der Waals surface area contributed by atoms with Crippen molar-refractivity contribution >= 4 is 57.4 Å². The maximum Gasteiger partial charge on any atom is 0.339 e. The zero-order chi connectivity index (χ0) is 28.3. The van der Waals surface area contributed by atoms with Gasteiger partial charge in [0, 0.05) is 0 Å². The van der Waals surface area contributed by atoms with E-state index >= 15 is 0 Å². The average Bonchev–Trinajstić information content (AvgIpc) is 2.96. The quantitative estimate of drug-likeness (QED) is 0.263. The van der Waals surface area contributed by atoms with Crippen LogP contribution in [0.25, 0.3) is 21.5 Å². The highest BCUT2D eigenvalue weighted by molar-refractivity contribution is 6.27. The lowest BCUT2D eigenvalue weighted by Crippen LogP contribution is -2.17. The summed E-state index contributed by atoms with van der Waals surface area (Å²) in [5.74, 6) is -5.66. The van der Waals surface area contributed by atoms with Crippen LogP contribution in [-0.4, -0.2) is 78.5 Å². The molecule has 38 heavy (non-hydrogen) atoms. The van der Waals surface area contributed by atoms with Crippen molar-refractivity contribution in [3.63, 3.8) is 0 Å². The molecule has 0 heterocycles. The van der Waals surface area contributed by atoms with Crippen LogP contribution in [-0.2, 0) is 28.4 Å². The molecule has 0 amide bonds. The Morgan fingerprint density at radius 1 is 0.368 bits per heavy atom. The minimum absolute atomic E-state index is 0.0144. The second-order valence-electron chi connectivity index (χ2n) is 7.59. The number of esters is 6. The summed E-state index contributed by atoms with van der Waals surface area (Å²) in [6.45, 7) is 0. The van der Waals surface area contributed by atoms with Crippen LogP contribution < -0.4 is 0 Å². The maximum absolute atomic E-state index is 13.0. The van der Waals surface area contributed by atoms with Crippen molar-refractivity contribution in [2.75, 3.05) is 42.7 Å². The lowest BCUT2D eigenvalue weighted by atomic mass is 9.87. The molecule has 0 radical (unpaired) electrons.